The van der Waals surface area contributed by atoms with Crippen LogP contribution in [0.1, 0.15) is 11.1 Å². The van der Waals surface area contributed by atoms with Crippen molar-refractivity contribution >= 4 is 27.3 Å². The van der Waals surface area contributed by atoms with Crippen LogP contribution in [0, 0.1) is 13.8 Å². The lowest BCUT2D eigenvalue weighted by molar-refractivity contribution is -0.114. The minimum absolute atomic E-state index is 0.139. The molecule has 0 aliphatic rings. The van der Waals surface area contributed by atoms with Gasteiger partial charge >= 0.3 is 0 Å². The van der Waals surface area contributed by atoms with Crippen molar-refractivity contribution in [2.45, 2.75) is 18.7 Å². The second kappa shape index (κ2) is 8.27. The number of benzene rings is 3. The maximum absolute atomic E-state index is 13.2. The summed E-state index contributed by atoms with van der Waals surface area (Å²) in [7, 11) is -3.90. The van der Waals surface area contributed by atoms with Crippen molar-refractivity contribution in [1.29, 1.82) is 0 Å². The smallest absolute Gasteiger partial charge is 0.264 e. The van der Waals surface area contributed by atoms with Crippen molar-refractivity contribution in [3.05, 3.63) is 90.0 Å². The van der Waals surface area contributed by atoms with Gasteiger partial charge in [-0.15, -0.1) is 0 Å². The van der Waals surface area contributed by atoms with Crippen LogP contribution in [0.25, 0.3) is 0 Å². The van der Waals surface area contributed by atoms with Crippen LogP contribution in [0.2, 0.25) is 0 Å². The van der Waals surface area contributed by atoms with Crippen molar-refractivity contribution in [3.63, 3.8) is 0 Å². The number of aryl methyl sites for hydroxylation is 2. The third kappa shape index (κ3) is 4.40. The van der Waals surface area contributed by atoms with E-state index in [4.69, 9.17) is 0 Å². The zero-order valence-corrected chi connectivity index (χ0v) is 16.6. The van der Waals surface area contributed by atoms with E-state index in [1.807, 2.05) is 38.1 Å². The summed E-state index contributed by atoms with van der Waals surface area (Å²) in [6.45, 7) is 3.44. The van der Waals surface area contributed by atoms with Gasteiger partial charge in [0.1, 0.15) is 6.54 Å². The number of anilines is 2. The quantitative estimate of drug-likeness (QED) is 0.683. The molecule has 0 spiro atoms. The summed E-state index contributed by atoms with van der Waals surface area (Å²) in [4.78, 5) is 12.8. The van der Waals surface area contributed by atoms with Crippen molar-refractivity contribution in [3.8, 4) is 0 Å². The van der Waals surface area contributed by atoms with Crippen molar-refractivity contribution < 1.29 is 13.2 Å². The number of sulfonamides is 1. The summed E-state index contributed by atoms with van der Waals surface area (Å²) in [5, 5.41) is 2.80. The van der Waals surface area contributed by atoms with Crippen molar-refractivity contribution in [2.75, 3.05) is 16.2 Å². The molecule has 0 aliphatic heterocycles. The molecule has 0 saturated carbocycles. The van der Waals surface area contributed by atoms with Gasteiger partial charge in [0.15, 0.2) is 0 Å². The first-order valence-electron chi connectivity index (χ1n) is 8.88. The van der Waals surface area contributed by atoms with Crippen LogP contribution in [0.5, 0.6) is 0 Å². The van der Waals surface area contributed by atoms with Gasteiger partial charge in [0.25, 0.3) is 10.0 Å². The number of carbonyl (C=O) groups is 1. The number of carbonyl (C=O) groups excluding carboxylic acids is 1. The fraction of sp³-hybridized carbons (Fsp3) is 0.136. The fourth-order valence-corrected chi connectivity index (χ4v) is 4.29. The van der Waals surface area contributed by atoms with Crippen LogP contribution < -0.4 is 9.62 Å². The van der Waals surface area contributed by atoms with E-state index in [0.29, 0.717) is 11.4 Å². The topological polar surface area (TPSA) is 66.5 Å². The van der Waals surface area contributed by atoms with Crippen LogP contribution in [0.4, 0.5) is 11.4 Å². The zero-order chi connectivity index (χ0) is 20.1. The van der Waals surface area contributed by atoms with Gasteiger partial charge in [0.05, 0.1) is 10.6 Å². The molecule has 0 saturated heterocycles. The molecule has 3 aromatic rings. The molecule has 3 aromatic carbocycles. The number of para-hydroxylation sites is 1. The van der Waals surface area contributed by atoms with E-state index in [9.17, 15) is 13.2 Å². The summed E-state index contributed by atoms with van der Waals surface area (Å²) < 4.78 is 27.6. The van der Waals surface area contributed by atoms with E-state index in [1.54, 1.807) is 42.5 Å². The first kappa shape index (κ1) is 19.6. The Morgan fingerprint density at radius 2 is 1.57 bits per heavy atom. The van der Waals surface area contributed by atoms with E-state index >= 15 is 0 Å². The molecular weight excluding hydrogens is 372 g/mol. The van der Waals surface area contributed by atoms with Gasteiger partial charge in [-0.3, -0.25) is 9.10 Å². The summed E-state index contributed by atoms with van der Waals surface area (Å²) >= 11 is 0. The molecule has 1 amide bonds. The first-order chi connectivity index (χ1) is 13.4. The molecular formula is C22H22N2O3S. The molecule has 0 bridgehead atoms. The maximum atomic E-state index is 13.2. The van der Waals surface area contributed by atoms with E-state index in [-0.39, 0.29) is 11.4 Å². The Morgan fingerprint density at radius 3 is 2.25 bits per heavy atom. The van der Waals surface area contributed by atoms with Crippen molar-refractivity contribution in [2.24, 2.45) is 0 Å². The molecule has 3 rings (SSSR count). The molecule has 6 heteroatoms. The van der Waals surface area contributed by atoms with Crippen LogP contribution in [-0.4, -0.2) is 20.9 Å². The molecule has 0 atom stereocenters. The number of nitrogens with one attached hydrogen (secondary N) is 1. The Morgan fingerprint density at radius 1 is 0.893 bits per heavy atom. The summed E-state index contributed by atoms with van der Waals surface area (Å²) in [5.41, 5.74) is 2.92. The minimum atomic E-state index is -3.90. The fourth-order valence-electron chi connectivity index (χ4n) is 2.85. The zero-order valence-electron chi connectivity index (χ0n) is 15.8. The molecule has 28 heavy (non-hydrogen) atoms. The molecule has 144 valence electrons. The molecule has 0 fully saturated rings. The third-order valence-electron chi connectivity index (χ3n) is 4.33. The van der Waals surface area contributed by atoms with Gasteiger partial charge in [-0.25, -0.2) is 8.42 Å². The highest BCUT2D eigenvalue weighted by Crippen LogP contribution is 2.24. The number of hydrogen-bond acceptors (Lipinski definition) is 3. The molecule has 0 aliphatic carbocycles. The SMILES string of the molecule is Cc1cccc(N(CC(=O)Nc2ccccc2C)S(=O)(=O)c2ccccc2)c1. The Hall–Kier alpha value is -3.12. The highest BCUT2D eigenvalue weighted by atomic mass is 32.2. The third-order valence-corrected chi connectivity index (χ3v) is 6.12. The second-order valence-corrected chi connectivity index (χ2v) is 8.39. The van der Waals surface area contributed by atoms with Crippen LogP contribution in [0.15, 0.2) is 83.8 Å². The van der Waals surface area contributed by atoms with Gasteiger partial charge in [-0.1, -0.05) is 48.5 Å². The van der Waals surface area contributed by atoms with Gasteiger partial charge in [-0.05, 0) is 55.3 Å². The largest absolute Gasteiger partial charge is 0.324 e. The molecule has 5 nitrogen and oxygen atoms in total. The minimum Gasteiger partial charge on any atom is -0.324 e. The van der Waals surface area contributed by atoms with Crippen LogP contribution in [-0.2, 0) is 14.8 Å². The molecule has 0 radical (unpaired) electrons. The van der Waals surface area contributed by atoms with Crippen LogP contribution >= 0.6 is 0 Å². The van der Waals surface area contributed by atoms with E-state index in [0.717, 1.165) is 15.4 Å². The Bertz CT molecular complexity index is 1080. The lowest BCUT2D eigenvalue weighted by Crippen LogP contribution is -2.38. The number of amides is 1. The Kier molecular flexibility index (Phi) is 5.80. The molecule has 0 unspecified atom stereocenters. The Balaban J connectivity index is 1.95. The molecule has 1 N–H and O–H groups in total. The number of nitrogens with zero attached hydrogens (tertiary/aromatic N) is 1. The number of rotatable bonds is 6. The first-order valence-corrected chi connectivity index (χ1v) is 10.3. The summed E-state index contributed by atoms with van der Waals surface area (Å²) in [6, 6.07) is 22.6. The molecule has 0 heterocycles. The lowest BCUT2D eigenvalue weighted by atomic mass is 10.2. The number of hydrogen-bond donors (Lipinski definition) is 1. The van der Waals surface area contributed by atoms with Crippen molar-refractivity contribution in [1.82, 2.24) is 0 Å². The highest BCUT2D eigenvalue weighted by molar-refractivity contribution is 7.92. The Labute approximate surface area is 165 Å². The van der Waals surface area contributed by atoms with E-state index in [2.05, 4.69) is 5.32 Å². The predicted molar refractivity (Wildman–Crippen MR) is 112 cm³/mol. The maximum Gasteiger partial charge on any atom is 0.264 e. The summed E-state index contributed by atoms with van der Waals surface area (Å²) in [5.74, 6) is -0.407. The van der Waals surface area contributed by atoms with Gasteiger partial charge < -0.3 is 5.32 Å². The highest BCUT2D eigenvalue weighted by Gasteiger charge is 2.27. The molecule has 0 aromatic heterocycles. The van der Waals surface area contributed by atoms with E-state index < -0.39 is 15.9 Å². The lowest BCUT2D eigenvalue weighted by Gasteiger charge is -2.24. The van der Waals surface area contributed by atoms with Gasteiger partial charge in [-0.2, -0.15) is 0 Å². The second-order valence-electron chi connectivity index (χ2n) is 6.53. The van der Waals surface area contributed by atoms with E-state index in [1.165, 1.54) is 12.1 Å². The standard InChI is InChI=1S/C22H22N2O3S/c1-17-9-8-11-19(15-17)24(28(26,27)20-12-4-3-5-13-20)16-22(25)23-21-14-7-6-10-18(21)2/h3-15H,16H2,1-2H3,(H,23,25). The monoisotopic (exact) mass is 394 g/mol. The normalized spacial score (nSPS) is 11.1. The van der Waals surface area contributed by atoms with Gasteiger partial charge in [0.2, 0.25) is 5.91 Å². The van der Waals surface area contributed by atoms with Crippen LogP contribution in [0.3, 0.4) is 0 Å². The average molecular weight is 394 g/mol. The summed E-state index contributed by atoms with van der Waals surface area (Å²) in [6.07, 6.45) is 0. The van der Waals surface area contributed by atoms with Gasteiger partial charge in [0, 0.05) is 5.69 Å². The predicted octanol–water partition coefficient (Wildman–Crippen LogP) is 4.14. The average Bonchev–Trinajstić information content (AvgIpc) is 2.68.